The molecule has 0 aliphatic heterocycles. The Labute approximate surface area is 83.6 Å². The van der Waals surface area contributed by atoms with Gasteiger partial charge in [-0.05, 0) is 0 Å². The van der Waals surface area contributed by atoms with E-state index >= 15 is 0 Å². The van der Waals surface area contributed by atoms with Gasteiger partial charge in [0.1, 0.15) is 0 Å². The van der Waals surface area contributed by atoms with Crippen molar-refractivity contribution in [3.8, 4) is 0 Å². The fraction of sp³-hybridized carbons (Fsp3) is 0.400. The Morgan fingerprint density at radius 2 is 1.91 bits per heavy atom. The number of rotatable bonds is 2. The first-order valence-electron chi connectivity index (χ1n) is 4.15. The van der Waals surface area contributed by atoms with Crippen molar-refractivity contribution in [3.05, 3.63) is 29.3 Å². The molecule has 0 heterocycles. The third-order valence-corrected chi connectivity index (χ3v) is 3.59. The van der Waals surface area contributed by atoms with Gasteiger partial charge >= 0.3 is 83.7 Å². The molecule has 11 heavy (non-hydrogen) atoms. The fourth-order valence-corrected chi connectivity index (χ4v) is 2.85. The molecule has 0 saturated heterocycles. The summed E-state index contributed by atoms with van der Waals surface area (Å²) < 4.78 is 1.57. The van der Waals surface area contributed by atoms with Crippen LogP contribution >= 0.6 is 0 Å². The maximum absolute atomic E-state index is 2.25. The van der Waals surface area contributed by atoms with Crippen LogP contribution in [-0.4, -0.2) is 24.4 Å². The minimum atomic E-state index is 1.18. The molecule has 0 fully saturated rings. The van der Waals surface area contributed by atoms with Gasteiger partial charge in [0.2, 0.25) is 0 Å². The van der Waals surface area contributed by atoms with Crippen LogP contribution in [-0.2, 0) is 12.8 Å². The summed E-state index contributed by atoms with van der Waals surface area (Å²) in [6.45, 7) is 4.48. The van der Waals surface area contributed by atoms with Crippen molar-refractivity contribution in [1.29, 1.82) is 0 Å². The average Bonchev–Trinajstić information content (AvgIpc) is 2.04. The molecule has 0 bridgehead atoms. The second kappa shape index (κ2) is 4.20. The van der Waals surface area contributed by atoms with Crippen molar-refractivity contribution >= 4 is 27.7 Å². The van der Waals surface area contributed by atoms with Crippen molar-refractivity contribution < 1.29 is 0 Å². The zero-order chi connectivity index (χ0) is 8.27. The van der Waals surface area contributed by atoms with Crippen LogP contribution < -0.4 is 3.32 Å². The summed E-state index contributed by atoms with van der Waals surface area (Å²) in [7, 11) is 0. The Balaban J connectivity index is 3.13. The van der Waals surface area contributed by atoms with E-state index in [0.717, 1.165) is 0 Å². The SMILES string of the molecule is CCc1ccc[c]([In])c1CC. The van der Waals surface area contributed by atoms with Gasteiger partial charge in [0.05, 0.1) is 0 Å². The molecule has 0 spiro atoms. The van der Waals surface area contributed by atoms with Gasteiger partial charge in [0, 0.05) is 0 Å². The van der Waals surface area contributed by atoms with Crippen molar-refractivity contribution in [2.45, 2.75) is 26.7 Å². The molecule has 0 aliphatic carbocycles. The van der Waals surface area contributed by atoms with E-state index < -0.39 is 0 Å². The van der Waals surface area contributed by atoms with Crippen molar-refractivity contribution in [3.63, 3.8) is 0 Å². The van der Waals surface area contributed by atoms with Crippen LogP contribution in [0.15, 0.2) is 18.2 Å². The van der Waals surface area contributed by atoms with Gasteiger partial charge in [-0.3, -0.25) is 0 Å². The maximum atomic E-state index is 2.25. The van der Waals surface area contributed by atoms with E-state index in [2.05, 4.69) is 32.0 Å². The summed E-state index contributed by atoms with van der Waals surface area (Å²) in [6, 6.07) is 6.68. The van der Waals surface area contributed by atoms with E-state index in [0.29, 0.717) is 0 Å². The molecular weight excluding hydrogens is 235 g/mol. The summed E-state index contributed by atoms with van der Waals surface area (Å²) >= 11 is 1.25. The van der Waals surface area contributed by atoms with Crippen LogP contribution in [0.3, 0.4) is 0 Å². The van der Waals surface area contributed by atoms with Gasteiger partial charge in [-0.2, -0.15) is 0 Å². The van der Waals surface area contributed by atoms with E-state index in [-0.39, 0.29) is 0 Å². The summed E-state index contributed by atoms with van der Waals surface area (Å²) in [6.07, 6.45) is 2.37. The van der Waals surface area contributed by atoms with Gasteiger partial charge in [0.25, 0.3) is 0 Å². The van der Waals surface area contributed by atoms with Crippen LogP contribution in [0.5, 0.6) is 0 Å². The zero-order valence-corrected chi connectivity index (χ0v) is 10.5. The minimum absolute atomic E-state index is 1.18. The van der Waals surface area contributed by atoms with Crippen molar-refractivity contribution in [2.24, 2.45) is 0 Å². The number of benzene rings is 1. The molecular formula is C10H13In. The van der Waals surface area contributed by atoms with Crippen molar-refractivity contribution in [2.75, 3.05) is 0 Å². The van der Waals surface area contributed by atoms with E-state index in [1.807, 2.05) is 0 Å². The molecule has 0 nitrogen and oxygen atoms in total. The Hall–Kier alpha value is 0.0901. The van der Waals surface area contributed by atoms with Crippen molar-refractivity contribution in [1.82, 2.24) is 0 Å². The molecule has 0 N–H and O–H groups in total. The van der Waals surface area contributed by atoms with Crippen LogP contribution in [0.2, 0.25) is 0 Å². The zero-order valence-electron chi connectivity index (χ0n) is 7.22. The molecule has 1 rings (SSSR count). The Morgan fingerprint density at radius 1 is 1.18 bits per heavy atom. The quantitative estimate of drug-likeness (QED) is 0.745. The summed E-state index contributed by atoms with van der Waals surface area (Å²) in [4.78, 5) is 0. The van der Waals surface area contributed by atoms with Gasteiger partial charge in [0.15, 0.2) is 0 Å². The normalized spacial score (nSPS) is 10.0. The molecule has 0 saturated carbocycles. The monoisotopic (exact) mass is 248 g/mol. The Bertz CT molecular complexity index is 241. The topological polar surface area (TPSA) is 0 Å². The van der Waals surface area contributed by atoms with Gasteiger partial charge in [-0.1, -0.05) is 0 Å². The molecule has 0 atom stereocenters. The Kier molecular flexibility index (Phi) is 3.50. The molecule has 0 aliphatic rings. The van der Waals surface area contributed by atoms with Crippen LogP contribution in [0.4, 0.5) is 0 Å². The third kappa shape index (κ3) is 2.02. The molecule has 0 amide bonds. The number of hydrogen-bond donors (Lipinski definition) is 0. The second-order valence-electron chi connectivity index (χ2n) is 2.69. The van der Waals surface area contributed by atoms with E-state index in [1.54, 1.807) is 8.88 Å². The number of hydrogen-bond acceptors (Lipinski definition) is 0. The first-order chi connectivity index (χ1) is 5.29. The molecule has 1 heteroatoms. The van der Waals surface area contributed by atoms with Gasteiger partial charge in [-0.15, -0.1) is 0 Å². The first kappa shape index (κ1) is 9.18. The first-order valence-corrected chi connectivity index (χ1v) is 5.80. The molecule has 0 aromatic heterocycles. The molecule has 0 unspecified atom stereocenters. The predicted molar refractivity (Wildman–Crippen MR) is 50.6 cm³/mol. The molecule has 1 aromatic rings. The second-order valence-corrected chi connectivity index (χ2v) is 4.47. The predicted octanol–water partition coefficient (Wildman–Crippen LogP) is 1.61. The van der Waals surface area contributed by atoms with E-state index in [1.165, 1.54) is 42.8 Å². The molecule has 2 radical (unpaired) electrons. The summed E-state index contributed by atoms with van der Waals surface area (Å²) in [5.74, 6) is 0. The van der Waals surface area contributed by atoms with E-state index in [9.17, 15) is 0 Å². The number of aryl methyl sites for hydroxylation is 1. The summed E-state index contributed by atoms with van der Waals surface area (Å²) in [5.41, 5.74) is 3.13. The van der Waals surface area contributed by atoms with Gasteiger partial charge in [-0.25, -0.2) is 0 Å². The summed E-state index contributed by atoms with van der Waals surface area (Å²) in [5, 5.41) is 0. The molecule has 1 aromatic carbocycles. The van der Waals surface area contributed by atoms with Crippen LogP contribution in [0.25, 0.3) is 0 Å². The average molecular weight is 248 g/mol. The standard InChI is InChI=1S/C10H13.In/c1-3-9-7-5-6-8-10(9)4-2;/h5-7H,3-4H2,1-2H3;. The van der Waals surface area contributed by atoms with Crippen LogP contribution in [0, 0.1) is 0 Å². The Morgan fingerprint density at radius 3 is 2.36 bits per heavy atom. The van der Waals surface area contributed by atoms with E-state index in [4.69, 9.17) is 0 Å². The molecule has 56 valence electrons. The third-order valence-electron chi connectivity index (χ3n) is 2.04. The van der Waals surface area contributed by atoms with Gasteiger partial charge < -0.3 is 0 Å². The fourth-order valence-electron chi connectivity index (χ4n) is 1.42. The van der Waals surface area contributed by atoms with Crippen LogP contribution in [0.1, 0.15) is 25.0 Å².